The zero-order valence-electron chi connectivity index (χ0n) is 16.2. The van der Waals surface area contributed by atoms with E-state index < -0.39 is 5.54 Å². The van der Waals surface area contributed by atoms with Crippen LogP contribution in [0.15, 0.2) is 18.2 Å². The maximum atomic E-state index is 12.6. The van der Waals surface area contributed by atoms with Gasteiger partial charge in [0.25, 0.3) is 5.91 Å². The number of carbonyl (C=O) groups excluding carboxylic acids is 2. The Balaban J connectivity index is 1.76. The van der Waals surface area contributed by atoms with E-state index in [0.717, 1.165) is 56.3 Å². The van der Waals surface area contributed by atoms with Gasteiger partial charge in [-0.1, -0.05) is 6.07 Å². The molecule has 1 heterocycles. The summed E-state index contributed by atoms with van der Waals surface area (Å²) >= 11 is 0. The molecule has 0 bridgehead atoms. The number of nitriles is 1. The topological polar surface area (TPSA) is 85.2 Å². The molecule has 6 heteroatoms. The van der Waals surface area contributed by atoms with E-state index in [1.165, 1.54) is 0 Å². The van der Waals surface area contributed by atoms with Gasteiger partial charge in [0, 0.05) is 23.8 Å². The third-order valence-electron chi connectivity index (χ3n) is 5.40. The van der Waals surface area contributed by atoms with Gasteiger partial charge in [0.2, 0.25) is 5.91 Å². The van der Waals surface area contributed by atoms with Crippen LogP contribution in [0.1, 0.15) is 61.9 Å². The molecule has 1 fully saturated rings. The summed E-state index contributed by atoms with van der Waals surface area (Å²) in [5.41, 5.74) is 1.95. The van der Waals surface area contributed by atoms with Crippen LogP contribution < -0.4 is 15.5 Å². The van der Waals surface area contributed by atoms with E-state index >= 15 is 0 Å². The molecular formula is C21H28N4O2. The smallest absolute Gasteiger partial charge is 0.251 e. The van der Waals surface area contributed by atoms with Crippen molar-refractivity contribution in [1.29, 1.82) is 5.26 Å². The van der Waals surface area contributed by atoms with Crippen LogP contribution in [0.2, 0.25) is 0 Å². The third-order valence-corrected chi connectivity index (χ3v) is 5.40. The molecule has 1 aliphatic heterocycles. The largest absolute Gasteiger partial charge is 0.362 e. The molecular weight excluding hydrogens is 340 g/mol. The normalized spacial score (nSPS) is 17.9. The van der Waals surface area contributed by atoms with Gasteiger partial charge >= 0.3 is 0 Å². The highest BCUT2D eigenvalue weighted by Crippen LogP contribution is 2.31. The molecule has 27 heavy (non-hydrogen) atoms. The quantitative estimate of drug-likeness (QED) is 0.836. The highest BCUT2D eigenvalue weighted by atomic mass is 16.2. The van der Waals surface area contributed by atoms with E-state index in [1.807, 2.05) is 36.9 Å². The molecule has 144 valence electrons. The Kier molecular flexibility index (Phi) is 5.69. The summed E-state index contributed by atoms with van der Waals surface area (Å²) in [6.07, 6.45) is 5.15. The summed E-state index contributed by atoms with van der Waals surface area (Å²) in [6, 6.07) is 8.08. The number of rotatable bonds is 5. The van der Waals surface area contributed by atoms with Crippen LogP contribution in [0.4, 0.5) is 5.69 Å². The van der Waals surface area contributed by atoms with E-state index in [9.17, 15) is 14.9 Å². The molecule has 1 aromatic carbocycles. The molecule has 0 spiro atoms. The van der Waals surface area contributed by atoms with Crippen LogP contribution >= 0.6 is 0 Å². The van der Waals surface area contributed by atoms with Gasteiger partial charge in [-0.2, -0.15) is 5.26 Å². The molecule has 0 aromatic heterocycles. The second kappa shape index (κ2) is 7.99. The molecule has 1 saturated carbocycles. The Morgan fingerprint density at radius 1 is 1.26 bits per heavy atom. The van der Waals surface area contributed by atoms with E-state index in [1.54, 1.807) is 0 Å². The van der Waals surface area contributed by atoms with Crippen molar-refractivity contribution in [2.45, 2.75) is 64.0 Å². The Bertz CT molecular complexity index is 760. The molecule has 0 radical (unpaired) electrons. The van der Waals surface area contributed by atoms with E-state index in [0.29, 0.717) is 5.56 Å². The molecule has 2 amide bonds. The van der Waals surface area contributed by atoms with Gasteiger partial charge in [0.1, 0.15) is 5.54 Å². The van der Waals surface area contributed by atoms with Crippen molar-refractivity contribution in [1.82, 2.24) is 10.6 Å². The van der Waals surface area contributed by atoms with Crippen molar-refractivity contribution in [3.63, 3.8) is 0 Å². The molecule has 0 unspecified atom stereocenters. The van der Waals surface area contributed by atoms with Gasteiger partial charge in [-0.15, -0.1) is 0 Å². The highest BCUT2D eigenvalue weighted by Gasteiger charge is 2.36. The van der Waals surface area contributed by atoms with E-state index in [4.69, 9.17) is 0 Å². The van der Waals surface area contributed by atoms with Crippen LogP contribution in [0.3, 0.4) is 0 Å². The number of hydrogen-bond acceptors (Lipinski definition) is 4. The minimum atomic E-state index is -0.700. The first-order valence-electron chi connectivity index (χ1n) is 9.84. The summed E-state index contributed by atoms with van der Waals surface area (Å²) in [6.45, 7) is 4.87. The van der Waals surface area contributed by atoms with Crippen LogP contribution in [0, 0.1) is 11.3 Å². The monoisotopic (exact) mass is 368 g/mol. The minimum Gasteiger partial charge on any atom is -0.362 e. The summed E-state index contributed by atoms with van der Waals surface area (Å²) in [4.78, 5) is 27.2. The van der Waals surface area contributed by atoms with Crippen LogP contribution in [0.25, 0.3) is 0 Å². The SMILES string of the molecule is CC(C)NC(=O)c1cccc2c1CCCN2CC(=O)NC1(C#N)CCCC1. The predicted molar refractivity (Wildman–Crippen MR) is 105 cm³/mol. The first-order chi connectivity index (χ1) is 12.9. The molecule has 0 saturated heterocycles. The summed E-state index contributed by atoms with van der Waals surface area (Å²) in [5.74, 6) is -0.189. The molecule has 1 aromatic rings. The number of amides is 2. The molecule has 2 aliphatic rings. The predicted octanol–water partition coefficient (Wildman–Crippen LogP) is 2.53. The molecule has 0 atom stereocenters. The van der Waals surface area contributed by atoms with Crippen molar-refractivity contribution in [3.05, 3.63) is 29.3 Å². The summed E-state index contributed by atoms with van der Waals surface area (Å²) in [5, 5.41) is 15.4. The van der Waals surface area contributed by atoms with Crippen molar-refractivity contribution in [2.24, 2.45) is 0 Å². The fraction of sp³-hybridized carbons (Fsp3) is 0.571. The molecule has 1 aliphatic carbocycles. The fourth-order valence-electron chi connectivity index (χ4n) is 4.14. The third kappa shape index (κ3) is 4.24. The molecule has 2 N–H and O–H groups in total. The Morgan fingerprint density at radius 3 is 2.67 bits per heavy atom. The number of anilines is 1. The lowest BCUT2D eigenvalue weighted by Gasteiger charge is -2.33. The lowest BCUT2D eigenvalue weighted by atomic mass is 9.95. The number of carbonyl (C=O) groups is 2. The van der Waals surface area contributed by atoms with Crippen LogP contribution in [-0.4, -0.2) is 36.5 Å². The van der Waals surface area contributed by atoms with Crippen molar-refractivity contribution in [2.75, 3.05) is 18.0 Å². The lowest BCUT2D eigenvalue weighted by Crippen LogP contribution is -2.49. The van der Waals surface area contributed by atoms with Gasteiger partial charge in [-0.05, 0) is 70.1 Å². The second-order valence-electron chi connectivity index (χ2n) is 7.91. The maximum Gasteiger partial charge on any atom is 0.251 e. The van der Waals surface area contributed by atoms with Crippen LogP contribution in [-0.2, 0) is 11.2 Å². The minimum absolute atomic E-state index is 0.0671. The lowest BCUT2D eigenvalue weighted by molar-refractivity contribution is -0.121. The number of fused-ring (bicyclic) bond motifs is 1. The van der Waals surface area contributed by atoms with Crippen LogP contribution in [0.5, 0.6) is 0 Å². The first kappa shape index (κ1) is 19.2. The number of nitrogens with one attached hydrogen (secondary N) is 2. The van der Waals surface area contributed by atoms with Gasteiger partial charge < -0.3 is 15.5 Å². The Morgan fingerprint density at radius 2 is 2.00 bits per heavy atom. The molecule has 6 nitrogen and oxygen atoms in total. The fourth-order valence-corrected chi connectivity index (χ4v) is 4.14. The van der Waals surface area contributed by atoms with Gasteiger partial charge in [0.15, 0.2) is 0 Å². The van der Waals surface area contributed by atoms with Gasteiger partial charge in [-0.3, -0.25) is 9.59 Å². The summed E-state index contributed by atoms with van der Waals surface area (Å²) in [7, 11) is 0. The number of nitrogens with zero attached hydrogens (tertiary/aromatic N) is 2. The first-order valence-corrected chi connectivity index (χ1v) is 9.84. The average Bonchev–Trinajstić information content (AvgIpc) is 3.09. The van der Waals surface area contributed by atoms with Crippen molar-refractivity contribution in [3.8, 4) is 6.07 Å². The zero-order valence-corrected chi connectivity index (χ0v) is 16.2. The summed E-state index contributed by atoms with van der Waals surface area (Å²) < 4.78 is 0. The number of benzene rings is 1. The van der Waals surface area contributed by atoms with Crippen molar-refractivity contribution >= 4 is 17.5 Å². The van der Waals surface area contributed by atoms with E-state index in [2.05, 4.69) is 16.7 Å². The second-order valence-corrected chi connectivity index (χ2v) is 7.91. The highest BCUT2D eigenvalue weighted by molar-refractivity contribution is 5.97. The maximum absolute atomic E-state index is 12.6. The van der Waals surface area contributed by atoms with Gasteiger partial charge in [0.05, 0.1) is 12.6 Å². The average molecular weight is 368 g/mol. The Labute approximate surface area is 160 Å². The Hall–Kier alpha value is -2.55. The van der Waals surface area contributed by atoms with Gasteiger partial charge in [-0.25, -0.2) is 0 Å². The standard InChI is InChI=1S/C21H28N4O2/c1-15(2)23-20(27)17-7-5-9-18-16(17)8-6-12-25(18)13-19(26)24-21(14-22)10-3-4-11-21/h5,7,9,15H,3-4,6,8,10-13H2,1-2H3,(H,23,27)(H,24,26). The van der Waals surface area contributed by atoms with Crippen molar-refractivity contribution < 1.29 is 9.59 Å². The molecule has 3 rings (SSSR count). The zero-order chi connectivity index (χ0) is 19.4. The van der Waals surface area contributed by atoms with E-state index in [-0.39, 0.29) is 24.4 Å². The number of hydrogen-bond donors (Lipinski definition) is 2.